The number of hydrogen-bond acceptors (Lipinski definition) is 3. The Morgan fingerprint density at radius 3 is 3.12 bits per heavy atom. The minimum Gasteiger partial charge on any atom is -0.467 e. The Bertz CT molecular complexity index is 443. The summed E-state index contributed by atoms with van der Waals surface area (Å²) in [6, 6.07) is 5.87. The summed E-state index contributed by atoms with van der Waals surface area (Å²) in [5.41, 5.74) is 0. The molecule has 0 unspecified atom stereocenters. The van der Waals surface area contributed by atoms with Crippen molar-refractivity contribution >= 4 is 5.82 Å². The summed E-state index contributed by atoms with van der Waals surface area (Å²) >= 11 is 0. The number of aromatic nitrogens is 2. The summed E-state index contributed by atoms with van der Waals surface area (Å²) in [4.78, 5) is 0. The van der Waals surface area contributed by atoms with Gasteiger partial charge in [0.05, 0.1) is 19.0 Å². The molecule has 1 fully saturated rings. The second-order valence-corrected chi connectivity index (χ2v) is 4.27. The van der Waals surface area contributed by atoms with Gasteiger partial charge in [0.2, 0.25) is 0 Å². The summed E-state index contributed by atoms with van der Waals surface area (Å²) in [5.74, 6) is 2.85. The Labute approximate surface area is 94.3 Å². The van der Waals surface area contributed by atoms with E-state index in [1.807, 2.05) is 29.1 Å². The van der Waals surface area contributed by atoms with Gasteiger partial charge in [-0.3, -0.25) is 0 Å². The zero-order chi connectivity index (χ0) is 10.8. The Hall–Kier alpha value is -1.71. The maximum Gasteiger partial charge on any atom is 0.124 e. The van der Waals surface area contributed by atoms with Gasteiger partial charge in [-0.05, 0) is 30.9 Å². The monoisotopic (exact) mass is 217 g/mol. The van der Waals surface area contributed by atoms with Crippen LogP contribution in [-0.2, 0) is 13.1 Å². The quantitative estimate of drug-likeness (QED) is 0.836. The number of furan rings is 1. The Balaban J connectivity index is 1.62. The molecule has 2 aromatic heterocycles. The molecule has 0 aliphatic heterocycles. The first-order valence-electron chi connectivity index (χ1n) is 5.70. The summed E-state index contributed by atoms with van der Waals surface area (Å²) in [6.45, 7) is 1.75. The molecule has 0 bridgehead atoms. The lowest BCUT2D eigenvalue weighted by Crippen LogP contribution is -2.08. The van der Waals surface area contributed by atoms with Gasteiger partial charge in [0.25, 0.3) is 0 Å². The van der Waals surface area contributed by atoms with Crippen LogP contribution in [0, 0.1) is 5.92 Å². The van der Waals surface area contributed by atoms with Crippen molar-refractivity contribution in [3.8, 4) is 0 Å². The third-order valence-corrected chi connectivity index (χ3v) is 2.87. The Morgan fingerprint density at radius 1 is 1.44 bits per heavy atom. The molecular formula is C12H15N3O. The van der Waals surface area contributed by atoms with E-state index < -0.39 is 0 Å². The molecule has 2 aromatic rings. The minimum absolute atomic E-state index is 0.712. The summed E-state index contributed by atoms with van der Waals surface area (Å²) in [7, 11) is 0. The smallest absolute Gasteiger partial charge is 0.124 e. The molecule has 1 saturated carbocycles. The lowest BCUT2D eigenvalue weighted by molar-refractivity contribution is 0.515. The van der Waals surface area contributed by atoms with E-state index in [4.69, 9.17) is 4.42 Å². The third-order valence-electron chi connectivity index (χ3n) is 2.87. The highest BCUT2D eigenvalue weighted by Gasteiger charge is 2.22. The number of hydrogen-bond donors (Lipinski definition) is 1. The van der Waals surface area contributed by atoms with Gasteiger partial charge in [-0.1, -0.05) is 0 Å². The highest BCUT2D eigenvalue weighted by molar-refractivity contribution is 5.34. The molecular weight excluding hydrogens is 202 g/mol. The Morgan fingerprint density at radius 2 is 2.38 bits per heavy atom. The van der Waals surface area contributed by atoms with Crippen LogP contribution < -0.4 is 5.32 Å². The predicted molar refractivity (Wildman–Crippen MR) is 61.0 cm³/mol. The van der Waals surface area contributed by atoms with E-state index in [0.29, 0.717) is 6.54 Å². The number of anilines is 1. The molecule has 1 aliphatic rings. The van der Waals surface area contributed by atoms with E-state index in [1.165, 1.54) is 12.8 Å². The summed E-state index contributed by atoms with van der Waals surface area (Å²) < 4.78 is 7.32. The fraction of sp³-hybridized carbons (Fsp3) is 0.417. The molecule has 1 aliphatic carbocycles. The molecule has 0 saturated heterocycles. The minimum atomic E-state index is 0.712. The van der Waals surface area contributed by atoms with Crippen molar-refractivity contribution < 1.29 is 4.42 Å². The van der Waals surface area contributed by atoms with Crippen LogP contribution in [0.1, 0.15) is 18.6 Å². The number of nitrogens with zero attached hydrogens (tertiary/aromatic N) is 2. The molecule has 1 N–H and O–H groups in total. The topological polar surface area (TPSA) is 43.0 Å². The maximum atomic E-state index is 5.27. The van der Waals surface area contributed by atoms with E-state index in [2.05, 4.69) is 10.4 Å². The van der Waals surface area contributed by atoms with Crippen molar-refractivity contribution in [2.24, 2.45) is 5.92 Å². The largest absolute Gasteiger partial charge is 0.467 e. The van der Waals surface area contributed by atoms with Crippen LogP contribution in [-0.4, -0.2) is 9.78 Å². The first-order valence-corrected chi connectivity index (χ1v) is 5.70. The van der Waals surface area contributed by atoms with Gasteiger partial charge in [-0.2, -0.15) is 5.10 Å². The van der Waals surface area contributed by atoms with Crippen molar-refractivity contribution in [3.05, 3.63) is 36.4 Å². The zero-order valence-corrected chi connectivity index (χ0v) is 9.10. The van der Waals surface area contributed by atoms with Crippen LogP contribution in [0.2, 0.25) is 0 Å². The van der Waals surface area contributed by atoms with Crippen LogP contribution >= 0.6 is 0 Å². The van der Waals surface area contributed by atoms with Crippen LogP contribution in [0.3, 0.4) is 0 Å². The standard InChI is InChI=1S/C12H15N3O/c1-2-11(16-7-1)8-13-12-5-6-14-15(12)9-10-3-4-10/h1-2,5-7,10,13H,3-4,8-9H2. The first-order chi connectivity index (χ1) is 7.92. The molecule has 0 aromatic carbocycles. The highest BCUT2D eigenvalue weighted by Crippen LogP contribution is 2.31. The highest BCUT2D eigenvalue weighted by atomic mass is 16.3. The van der Waals surface area contributed by atoms with Gasteiger partial charge in [0.15, 0.2) is 0 Å². The van der Waals surface area contributed by atoms with E-state index in [-0.39, 0.29) is 0 Å². The lowest BCUT2D eigenvalue weighted by Gasteiger charge is -2.07. The number of nitrogens with one attached hydrogen (secondary N) is 1. The van der Waals surface area contributed by atoms with Crippen molar-refractivity contribution in [1.82, 2.24) is 9.78 Å². The molecule has 4 nitrogen and oxygen atoms in total. The molecule has 16 heavy (non-hydrogen) atoms. The molecule has 0 spiro atoms. The molecule has 3 rings (SSSR count). The Kier molecular flexibility index (Phi) is 2.40. The maximum absolute atomic E-state index is 5.27. The SMILES string of the molecule is c1coc(CNc2ccnn2CC2CC2)c1. The van der Waals surface area contributed by atoms with Crippen LogP contribution in [0.4, 0.5) is 5.82 Å². The van der Waals surface area contributed by atoms with Gasteiger partial charge in [-0.15, -0.1) is 0 Å². The van der Waals surface area contributed by atoms with E-state index in [9.17, 15) is 0 Å². The van der Waals surface area contributed by atoms with E-state index in [1.54, 1.807) is 6.26 Å². The van der Waals surface area contributed by atoms with Crippen LogP contribution in [0.15, 0.2) is 35.1 Å². The van der Waals surface area contributed by atoms with Crippen molar-refractivity contribution in [3.63, 3.8) is 0 Å². The first kappa shape index (κ1) is 9.51. The van der Waals surface area contributed by atoms with Crippen LogP contribution in [0.25, 0.3) is 0 Å². The average Bonchev–Trinajstić information content (AvgIpc) is 2.80. The zero-order valence-electron chi connectivity index (χ0n) is 9.10. The lowest BCUT2D eigenvalue weighted by atomic mass is 10.4. The van der Waals surface area contributed by atoms with Gasteiger partial charge in [-0.25, -0.2) is 4.68 Å². The van der Waals surface area contributed by atoms with Crippen LogP contribution in [0.5, 0.6) is 0 Å². The number of rotatable bonds is 5. The average molecular weight is 217 g/mol. The molecule has 2 heterocycles. The second kappa shape index (κ2) is 4.04. The molecule has 4 heteroatoms. The van der Waals surface area contributed by atoms with Gasteiger partial charge in [0, 0.05) is 12.6 Å². The van der Waals surface area contributed by atoms with Gasteiger partial charge < -0.3 is 9.73 Å². The van der Waals surface area contributed by atoms with E-state index in [0.717, 1.165) is 24.0 Å². The van der Waals surface area contributed by atoms with Gasteiger partial charge in [0.1, 0.15) is 11.6 Å². The molecule has 0 radical (unpaired) electrons. The predicted octanol–water partition coefficient (Wildman–Crippen LogP) is 2.50. The fourth-order valence-electron chi connectivity index (χ4n) is 1.76. The second-order valence-electron chi connectivity index (χ2n) is 4.27. The van der Waals surface area contributed by atoms with E-state index >= 15 is 0 Å². The molecule has 0 amide bonds. The molecule has 0 atom stereocenters. The van der Waals surface area contributed by atoms with Gasteiger partial charge >= 0.3 is 0 Å². The fourth-order valence-corrected chi connectivity index (χ4v) is 1.76. The summed E-state index contributed by atoms with van der Waals surface area (Å²) in [5, 5.41) is 7.66. The normalized spacial score (nSPS) is 15.2. The van der Waals surface area contributed by atoms with Crippen molar-refractivity contribution in [1.29, 1.82) is 0 Å². The van der Waals surface area contributed by atoms with Crippen molar-refractivity contribution in [2.45, 2.75) is 25.9 Å². The van der Waals surface area contributed by atoms with Crippen molar-refractivity contribution in [2.75, 3.05) is 5.32 Å². The third kappa shape index (κ3) is 2.10. The summed E-state index contributed by atoms with van der Waals surface area (Å²) in [6.07, 6.45) is 6.22. The molecule has 84 valence electrons.